The summed E-state index contributed by atoms with van der Waals surface area (Å²) in [5.74, 6) is -7.98. The van der Waals surface area contributed by atoms with Crippen molar-refractivity contribution in [1.29, 1.82) is 0 Å². The molecule has 0 spiro atoms. The van der Waals surface area contributed by atoms with E-state index in [0.717, 1.165) is 56.7 Å². The minimum absolute atomic E-state index is 0.0243. The Hall–Kier alpha value is -6.84. The maximum absolute atomic E-state index is 16.3. The molecule has 0 radical (unpaired) electrons. The smallest absolute Gasteiger partial charge is 0.341 e. The van der Waals surface area contributed by atoms with Crippen molar-refractivity contribution in [1.82, 2.24) is 14.3 Å². The summed E-state index contributed by atoms with van der Waals surface area (Å²) in [4.78, 5) is 58.9. The Kier molecular flexibility index (Phi) is 16.4. The maximum Gasteiger partial charge on any atom is 0.341 e. The number of phenolic OH excluding ortho intramolecular Hbond substituents is 2. The molecule has 2 aromatic heterocycles. The van der Waals surface area contributed by atoms with Gasteiger partial charge in [0.05, 0.1) is 71.1 Å². The van der Waals surface area contributed by atoms with Crippen LogP contribution in [0.15, 0.2) is 58.3 Å². The Morgan fingerprint density at radius 1 is 0.881 bits per heavy atom. The number of aromatic hydroxyl groups is 2. The van der Waals surface area contributed by atoms with Gasteiger partial charge in [0.1, 0.15) is 22.8 Å². The van der Waals surface area contributed by atoms with Gasteiger partial charge in [0, 0.05) is 91.8 Å². The fourth-order valence-electron chi connectivity index (χ4n) is 14.0. The Bertz CT molecular complexity index is 3500. The summed E-state index contributed by atoms with van der Waals surface area (Å²) in [6, 6.07) is 1.67. The normalized spacial score (nSPS) is 30.3. The minimum Gasteiger partial charge on any atom is -0.507 e. The van der Waals surface area contributed by atoms with Gasteiger partial charge in [-0.3, -0.25) is 28.7 Å². The van der Waals surface area contributed by atoms with Gasteiger partial charge in [-0.1, -0.05) is 45.9 Å². The number of hydrogen-bond acceptors (Lipinski definition) is 16. The number of carbonyl (C=O) groups excluding carboxylic acids is 2. The molecule has 84 heavy (non-hydrogen) atoms. The molecule has 11 rings (SSSR count). The number of carboxylic acids is 1. The number of aromatic carboxylic acids is 1. The van der Waals surface area contributed by atoms with Crippen molar-refractivity contribution in [3.05, 3.63) is 104 Å². The first-order chi connectivity index (χ1) is 39.8. The number of hydrogen-bond donors (Lipinski definition) is 7. The van der Waals surface area contributed by atoms with Gasteiger partial charge in [0.2, 0.25) is 0 Å². The van der Waals surface area contributed by atoms with Crippen LogP contribution in [-0.4, -0.2) is 151 Å². The number of fused-ring (bicyclic) bond motifs is 15. The zero-order chi connectivity index (χ0) is 60.8. The lowest BCUT2D eigenvalue weighted by atomic mass is 9.78. The molecule has 19 nitrogen and oxygen atoms in total. The number of aliphatic hydroxyl groups excluding tert-OH is 3. The summed E-state index contributed by atoms with van der Waals surface area (Å²) in [6.07, 6.45) is 12.3. The molecule has 7 N–H and O–H groups in total. The van der Waals surface area contributed by atoms with E-state index in [9.17, 15) is 49.8 Å². The number of rotatable bonds is 9. The molecule has 5 aliphatic heterocycles. The molecular formula is C64H81FN6O13. The molecule has 7 heterocycles. The van der Waals surface area contributed by atoms with Gasteiger partial charge in [0.25, 0.3) is 17.2 Å². The first-order valence-electron chi connectivity index (χ1n) is 29.5. The lowest BCUT2D eigenvalue weighted by Crippen LogP contribution is -2.50. The van der Waals surface area contributed by atoms with Gasteiger partial charge in [-0.15, -0.1) is 0 Å². The fraction of sp³-hybridized carbons (Fsp3) is 0.547. The average molecular weight is 1160 g/mol. The van der Waals surface area contributed by atoms with Crippen molar-refractivity contribution < 1.29 is 63.6 Å². The van der Waals surface area contributed by atoms with Crippen molar-refractivity contribution in [3.8, 4) is 17.2 Å². The Morgan fingerprint density at radius 3 is 2.19 bits per heavy atom. The van der Waals surface area contributed by atoms with Crippen molar-refractivity contribution >= 4 is 51.5 Å². The summed E-state index contributed by atoms with van der Waals surface area (Å²) in [7, 11) is 3.63. The molecule has 5 bridgehead atoms. The highest BCUT2D eigenvalue weighted by Crippen LogP contribution is 2.55. The number of amides is 1. The third-order valence-corrected chi connectivity index (χ3v) is 19.9. The molecule has 4 aromatic rings. The lowest BCUT2D eigenvalue weighted by molar-refractivity contribution is -0.112. The second kappa shape index (κ2) is 22.9. The number of aromatic nitrogens is 1. The molecule has 0 unspecified atom stereocenters. The van der Waals surface area contributed by atoms with Gasteiger partial charge in [-0.25, -0.2) is 9.18 Å². The first kappa shape index (κ1) is 60.3. The maximum atomic E-state index is 16.3. The predicted molar refractivity (Wildman–Crippen MR) is 317 cm³/mol. The van der Waals surface area contributed by atoms with E-state index >= 15 is 4.39 Å². The van der Waals surface area contributed by atoms with Crippen molar-refractivity contribution in [2.75, 3.05) is 50.6 Å². The standard InChI is InChI=1S/C64H81FN6O13/c1-31-13-12-14-32(2)60(78)67-50-44(56(75)48-47(57(50)76)33(3)34(4)58-49(48)59(77)63(9,84-58)83-26-20-46(82-11)35(5)54(73)38(8)55(74)37(7)53(31)72)28-66-70-24-18-41(19-25-70)68(10)64(21-22-64)40-17-23-69(29-40)52-36(6)51-42(39-15-16-39)27-43(62(80)81)61(79)71(51)30-45(52)65/h12-14,20,26-28,30-31,35,37-41,46,53-55,72-76H,15-19,21-25,29H2,1-11H3,(H,67,78)(H,80,81)/b13-12+,26-20+,32-14-,66-28+/t31-,35+,37+,38-,40+,46-,53-,54+,55+,63-/m0/s1. The number of halogens is 1. The number of nitrogens with zero attached hydrogens (tertiary/aromatic N) is 5. The topological polar surface area (TPSA) is 256 Å². The van der Waals surface area contributed by atoms with Crippen molar-refractivity contribution in [2.24, 2.45) is 34.7 Å². The number of anilines is 2. The number of pyridine rings is 2. The zero-order valence-electron chi connectivity index (χ0n) is 49.9. The second-order valence-electron chi connectivity index (χ2n) is 25.0. The molecule has 7 aliphatic rings. The third-order valence-electron chi connectivity index (χ3n) is 19.9. The highest BCUT2D eigenvalue weighted by atomic mass is 19.1. The van der Waals surface area contributed by atoms with E-state index in [-0.39, 0.29) is 67.9 Å². The number of benzene rings is 2. The van der Waals surface area contributed by atoms with Crippen molar-refractivity contribution in [3.63, 3.8) is 0 Å². The van der Waals surface area contributed by atoms with Gasteiger partial charge in [-0.2, -0.15) is 5.10 Å². The first-order valence-corrected chi connectivity index (χ1v) is 29.5. The number of aryl methyl sites for hydroxylation is 2. The van der Waals surface area contributed by atoms with Crippen LogP contribution in [-0.2, 0) is 14.3 Å². The molecule has 1 amide bonds. The zero-order valence-corrected chi connectivity index (χ0v) is 49.9. The number of methoxy groups -OCH3 is 1. The van der Waals surface area contributed by atoms with Crippen LogP contribution in [0.2, 0.25) is 0 Å². The summed E-state index contributed by atoms with van der Waals surface area (Å²) in [6.45, 7) is 17.5. The number of Topliss-reactive ketones (excluding diaryl/α,β-unsaturated/α-hetero) is 1. The van der Waals surface area contributed by atoms with E-state index in [1.54, 1.807) is 66.7 Å². The van der Waals surface area contributed by atoms with Crippen LogP contribution in [0.5, 0.6) is 17.2 Å². The number of allylic oxidation sites excluding steroid dienone is 2. The highest BCUT2D eigenvalue weighted by Gasteiger charge is 2.56. The monoisotopic (exact) mass is 1160 g/mol. The average Bonchev–Trinajstić information content (AvgIpc) is 1.50. The van der Waals surface area contributed by atoms with Crippen LogP contribution in [0.25, 0.3) is 16.3 Å². The molecule has 2 aliphatic carbocycles. The number of phenols is 2. The van der Waals surface area contributed by atoms with Crippen LogP contribution in [0.3, 0.4) is 0 Å². The van der Waals surface area contributed by atoms with E-state index < -0.39 is 94.4 Å². The van der Waals surface area contributed by atoms with E-state index in [1.807, 2.05) is 11.9 Å². The number of ether oxygens (including phenoxy) is 3. The number of nitrogens with one attached hydrogen (secondary N) is 1. The summed E-state index contributed by atoms with van der Waals surface area (Å²) >= 11 is 0. The molecule has 452 valence electrons. The summed E-state index contributed by atoms with van der Waals surface area (Å²) in [5.41, 5.74) is 2.16. The molecule has 2 saturated carbocycles. The van der Waals surface area contributed by atoms with E-state index in [4.69, 9.17) is 19.3 Å². The molecule has 4 fully saturated rings. The summed E-state index contributed by atoms with van der Waals surface area (Å²) < 4.78 is 35.7. The molecule has 2 saturated heterocycles. The van der Waals surface area contributed by atoms with Crippen LogP contribution in [0, 0.1) is 56.2 Å². The van der Waals surface area contributed by atoms with E-state index in [1.165, 1.54) is 43.1 Å². The van der Waals surface area contributed by atoms with Crippen LogP contribution in [0.1, 0.15) is 141 Å². The summed E-state index contributed by atoms with van der Waals surface area (Å²) in [5, 5.41) is 78.8. The number of hydrazone groups is 1. The SMILES string of the molecule is CO[C@H]1/C=C/O[C@@]2(C)Oc3c(C)c(C)c4c(O)c(c(/C=N/N5CCC(N(C)C6([C@@H]7CCN(c8c(F)cn9c(=O)c(C(=O)O)cc(C%10CC%10)c9c8C)C7)CC6)CC5)c(O)c4c3C2=O)NC(=O)/C(C)=C\C=C\[C@H](C)[C@H](O)[C@@H](C)[C@@H](O)[C@@H](C)[C@H](O)[C@@H]1C. The Morgan fingerprint density at radius 2 is 1.55 bits per heavy atom. The van der Waals surface area contributed by atoms with Crippen LogP contribution in [0.4, 0.5) is 15.8 Å². The quantitative estimate of drug-likeness (QED) is 0.0473. The van der Waals surface area contributed by atoms with Gasteiger partial charge in [0.15, 0.2) is 5.82 Å². The lowest BCUT2D eigenvalue weighted by Gasteiger charge is -2.42. The van der Waals surface area contributed by atoms with Gasteiger partial charge >= 0.3 is 11.8 Å². The van der Waals surface area contributed by atoms with E-state index in [2.05, 4.69) is 22.2 Å². The molecule has 2 aromatic carbocycles. The fourth-order valence-corrected chi connectivity index (χ4v) is 14.0. The molecule has 20 heteroatoms. The highest BCUT2D eigenvalue weighted by molar-refractivity contribution is 6.23. The number of aliphatic hydroxyl groups is 3. The molecule has 10 atom stereocenters. The van der Waals surface area contributed by atoms with Gasteiger partial charge in [-0.05, 0) is 126 Å². The second-order valence-corrected chi connectivity index (χ2v) is 25.0. The Labute approximate surface area is 488 Å². The number of carbonyl (C=O) groups is 3. The van der Waals surface area contributed by atoms with E-state index in [0.29, 0.717) is 54.1 Å². The van der Waals surface area contributed by atoms with Gasteiger partial charge < -0.3 is 55.1 Å². The van der Waals surface area contributed by atoms with Crippen LogP contribution < -0.4 is 20.5 Å². The van der Waals surface area contributed by atoms with Crippen LogP contribution >= 0.6 is 0 Å². The number of ketones is 1. The largest absolute Gasteiger partial charge is 0.507 e. The number of piperidine rings is 1. The molecular weight excluding hydrogens is 1080 g/mol. The predicted octanol–water partition coefficient (Wildman–Crippen LogP) is 8.21. The number of carboxylic acid groups (broad SMARTS) is 1. The van der Waals surface area contributed by atoms with Crippen molar-refractivity contribution in [2.45, 2.75) is 155 Å². The Balaban J connectivity index is 0.926. The third kappa shape index (κ3) is 10.4. The minimum atomic E-state index is -1.97.